The summed E-state index contributed by atoms with van der Waals surface area (Å²) in [7, 11) is 2.00. The molecule has 1 aliphatic heterocycles. The lowest BCUT2D eigenvalue weighted by Crippen LogP contribution is -2.04. The summed E-state index contributed by atoms with van der Waals surface area (Å²) in [5.74, 6) is 0. The topological polar surface area (TPSA) is 29.9 Å². The van der Waals surface area contributed by atoms with Crippen LogP contribution in [-0.2, 0) is 7.05 Å². The molecule has 0 unspecified atom stereocenters. The molecule has 2 aromatic rings. The molecule has 0 saturated carbocycles. The van der Waals surface area contributed by atoms with E-state index in [9.17, 15) is 0 Å². The molecule has 1 aliphatic rings. The summed E-state index contributed by atoms with van der Waals surface area (Å²) in [5.41, 5.74) is 3.74. The van der Waals surface area contributed by atoms with Gasteiger partial charge in [0.2, 0.25) is 0 Å². The molecule has 0 spiro atoms. The van der Waals surface area contributed by atoms with Crippen LogP contribution >= 0.6 is 0 Å². The molecule has 1 N–H and O–H groups in total. The number of nitrogens with zero attached hydrogens (tertiary/aromatic N) is 2. The first-order valence-electron chi connectivity index (χ1n) is 5.66. The number of hydrogen-bond acceptors (Lipinski definition) is 2. The van der Waals surface area contributed by atoms with Crippen LogP contribution in [-0.4, -0.2) is 22.9 Å². The molecular weight excluding hydrogens is 198 g/mol. The van der Waals surface area contributed by atoms with Gasteiger partial charge in [-0.1, -0.05) is 23.8 Å². The van der Waals surface area contributed by atoms with Gasteiger partial charge in [-0.15, -0.1) is 0 Å². The molecule has 0 bridgehead atoms. The Hall–Kier alpha value is -1.61. The maximum atomic E-state index is 4.57. The first-order chi connectivity index (χ1) is 7.84. The molecule has 82 valence electrons. The van der Waals surface area contributed by atoms with Crippen LogP contribution < -0.4 is 5.32 Å². The normalized spacial score (nSPS) is 18.7. The van der Waals surface area contributed by atoms with Crippen molar-refractivity contribution >= 4 is 17.0 Å². The van der Waals surface area contributed by atoms with Gasteiger partial charge in [0.05, 0.1) is 11.2 Å². The van der Waals surface area contributed by atoms with Gasteiger partial charge in [0.15, 0.2) is 0 Å². The molecule has 0 amide bonds. The Morgan fingerprint density at radius 1 is 1.38 bits per heavy atom. The summed E-state index contributed by atoms with van der Waals surface area (Å²) in [5, 5.41) is 9.15. The van der Waals surface area contributed by atoms with Crippen LogP contribution in [0, 0.1) is 0 Å². The molecule has 3 rings (SSSR count). The van der Waals surface area contributed by atoms with E-state index in [-0.39, 0.29) is 0 Å². The van der Waals surface area contributed by atoms with Crippen LogP contribution in [0.25, 0.3) is 17.0 Å². The van der Waals surface area contributed by atoms with E-state index in [0.717, 1.165) is 25.2 Å². The second kappa shape index (κ2) is 3.76. The Labute approximate surface area is 94.8 Å². The molecule has 0 radical (unpaired) electrons. The highest BCUT2D eigenvalue weighted by molar-refractivity contribution is 5.87. The van der Waals surface area contributed by atoms with Gasteiger partial charge in [-0.2, -0.15) is 5.10 Å². The van der Waals surface area contributed by atoms with Crippen LogP contribution in [0.4, 0.5) is 0 Å². The third kappa shape index (κ3) is 1.53. The fourth-order valence-corrected chi connectivity index (χ4v) is 2.25. The number of nitrogens with one attached hydrogen (secondary N) is 1. The lowest BCUT2D eigenvalue weighted by Gasteiger charge is -1.93. The molecule has 1 aromatic heterocycles. The standard InChI is InChI=1S/C13H15N3/c1-16-13-5-3-2-4-11(13)12(15-16)8-10-6-7-14-9-10/h2-5,8,14H,6-7,9H2,1H3. The zero-order valence-electron chi connectivity index (χ0n) is 9.40. The molecule has 0 aliphatic carbocycles. The van der Waals surface area contributed by atoms with Gasteiger partial charge in [0.25, 0.3) is 0 Å². The molecule has 1 fully saturated rings. The Morgan fingerprint density at radius 2 is 2.25 bits per heavy atom. The van der Waals surface area contributed by atoms with Crippen LogP contribution in [0.15, 0.2) is 29.8 Å². The predicted octanol–water partition coefficient (Wildman–Crippen LogP) is 1.95. The van der Waals surface area contributed by atoms with Gasteiger partial charge in [-0.3, -0.25) is 4.68 Å². The Morgan fingerprint density at radius 3 is 3.06 bits per heavy atom. The third-order valence-corrected chi connectivity index (χ3v) is 3.10. The first kappa shape index (κ1) is 9.60. The van der Waals surface area contributed by atoms with E-state index in [0.29, 0.717) is 0 Å². The van der Waals surface area contributed by atoms with Crippen molar-refractivity contribution in [3.63, 3.8) is 0 Å². The van der Waals surface area contributed by atoms with Crippen molar-refractivity contribution in [1.82, 2.24) is 15.1 Å². The van der Waals surface area contributed by atoms with Crippen molar-refractivity contribution in [2.75, 3.05) is 13.1 Å². The summed E-state index contributed by atoms with van der Waals surface area (Å²) in [6, 6.07) is 8.37. The van der Waals surface area contributed by atoms with Gasteiger partial charge in [-0.05, 0) is 25.1 Å². The molecule has 16 heavy (non-hydrogen) atoms. The van der Waals surface area contributed by atoms with E-state index in [2.05, 4.69) is 40.8 Å². The monoisotopic (exact) mass is 213 g/mol. The number of fused-ring (bicyclic) bond motifs is 1. The van der Waals surface area contributed by atoms with Crippen LogP contribution in [0.2, 0.25) is 0 Å². The Kier molecular flexibility index (Phi) is 2.26. The number of benzene rings is 1. The van der Waals surface area contributed by atoms with E-state index in [1.807, 2.05) is 11.7 Å². The van der Waals surface area contributed by atoms with Crippen LogP contribution in [0.5, 0.6) is 0 Å². The van der Waals surface area contributed by atoms with E-state index in [4.69, 9.17) is 0 Å². The van der Waals surface area contributed by atoms with Crippen molar-refractivity contribution < 1.29 is 0 Å². The smallest absolute Gasteiger partial charge is 0.0929 e. The lowest BCUT2D eigenvalue weighted by atomic mass is 10.1. The van der Waals surface area contributed by atoms with Crippen LogP contribution in [0.1, 0.15) is 12.1 Å². The van der Waals surface area contributed by atoms with Crippen LogP contribution in [0.3, 0.4) is 0 Å². The Bertz CT molecular complexity index is 543. The highest BCUT2D eigenvalue weighted by atomic mass is 15.3. The van der Waals surface area contributed by atoms with Crippen molar-refractivity contribution in [2.24, 2.45) is 7.05 Å². The maximum absolute atomic E-state index is 4.57. The quantitative estimate of drug-likeness (QED) is 0.784. The van der Waals surface area contributed by atoms with E-state index in [1.165, 1.54) is 16.5 Å². The van der Waals surface area contributed by atoms with E-state index in [1.54, 1.807) is 0 Å². The number of aryl methyl sites for hydroxylation is 1. The number of hydrogen-bond donors (Lipinski definition) is 1. The van der Waals surface area contributed by atoms with Crippen molar-refractivity contribution in [3.8, 4) is 0 Å². The number of para-hydroxylation sites is 1. The molecular formula is C13H15N3. The molecule has 3 heteroatoms. The van der Waals surface area contributed by atoms with Crippen molar-refractivity contribution in [2.45, 2.75) is 6.42 Å². The predicted molar refractivity (Wildman–Crippen MR) is 66.2 cm³/mol. The minimum absolute atomic E-state index is 1.00. The van der Waals surface area contributed by atoms with Gasteiger partial charge in [0.1, 0.15) is 0 Å². The number of rotatable bonds is 1. The summed E-state index contributed by atoms with van der Waals surface area (Å²) in [6.07, 6.45) is 3.37. The lowest BCUT2D eigenvalue weighted by molar-refractivity contribution is 0.792. The minimum Gasteiger partial charge on any atom is -0.313 e. The van der Waals surface area contributed by atoms with E-state index < -0.39 is 0 Å². The highest BCUT2D eigenvalue weighted by Crippen LogP contribution is 2.21. The first-order valence-corrected chi connectivity index (χ1v) is 5.66. The fourth-order valence-electron chi connectivity index (χ4n) is 2.25. The fraction of sp³-hybridized carbons (Fsp3) is 0.308. The van der Waals surface area contributed by atoms with Crippen molar-refractivity contribution in [1.29, 1.82) is 0 Å². The maximum Gasteiger partial charge on any atom is 0.0929 e. The Balaban J connectivity index is 2.13. The van der Waals surface area contributed by atoms with Gasteiger partial charge >= 0.3 is 0 Å². The summed E-state index contributed by atoms with van der Waals surface area (Å²) < 4.78 is 1.95. The molecule has 3 nitrogen and oxygen atoms in total. The zero-order chi connectivity index (χ0) is 11.0. The summed E-state index contributed by atoms with van der Waals surface area (Å²) >= 11 is 0. The second-order valence-electron chi connectivity index (χ2n) is 4.26. The SMILES string of the molecule is Cn1nc(C=C2CCNC2)c2ccccc21. The molecule has 1 aromatic carbocycles. The average molecular weight is 213 g/mol. The average Bonchev–Trinajstić information content (AvgIpc) is 2.90. The minimum atomic E-state index is 1.00. The van der Waals surface area contributed by atoms with Crippen molar-refractivity contribution in [3.05, 3.63) is 35.5 Å². The third-order valence-electron chi connectivity index (χ3n) is 3.10. The van der Waals surface area contributed by atoms with Gasteiger partial charge in [0, 0.05) is 19.0 Å². The molecule has 2 heterocycles. The molecule has 1 saturated heterocycles. The molecule has 0 atom stereocenters. The summed E-state index contributed by atoms with van der Waals surface area (Å²) in [6.45, 7) is 2.10. The highest BCUT2D eigenvalue weighted by Gasteiger charge is 2.09. The zero-order valence-corrected chi connectivity index (χ0v) is 9.40. The second-order valence-corrected chi connectivity index (χ2v) is 4.26. The largest absolute Gasteiger partial charge is 0.313 e. The number of aromatic nitrogens is 2. The van der Waals surface area contributed by atoms with E-state index >= 15 is 0 Å². The van der Waals surface area contributed by atoms with Gasteiger partial charge < -0.3 is 5.32 Å². The van der Waals surface area contributed by atoms with Gasteiger partial charge in [-0.25, -0.2) is 0 Å². The summed E-state index contributed by atoms with van der Waals surface area (Å²) in [4.78, 5) is 0.